The number of hydrogen-bond acceptors (Lipinski definition) is 6. The molecule has 4 rings (SSSR count). The summed E-state index contributed by atoms with van der Waals surface area (Å²) in [6.07, 6.45) is 0.698. The molecule has 2 bridgehead atoms. The van der Waals surface area contributed by atoms with Crippen LogP contribution >= 0.6 is 0 Å². The first-order valence-electron chi connectivity index (χ1n) is 16.1. The van der Waals surface area contributed by atoms with Crippen molar-refractivity contribution in [2.75, 3.05) is 26.2 Å². The van der Waals surface area contributed by atoms with Crippen LogP contribution in [0.3, 0.4) is 0 Å². The lowest BCUT2D eigenvalue weighted by Crippen LogP contribution is -2.60. The Morgan fingerprint density at radius 2 is 1.00 bits per heavy atom. The smallest absolute Gasteiger partial charge is 0.408 e. The summed E-state index contributed by atoms with van der Waals surface area (Å²) in [5, 5.41) is 5.62. The first-order chi connectivity index (χ1) is 21.6. The van der Waals surface area contributed by atoms with E-state index in [0.717, 1.165) is 17.5 Å². The Morgan fingerprint density at radius 1 is 0.644 bits per heavy atom. The van der Waals surface area contributed by atoms with Crippen molar-refractivity contribution in [3.63, 3.8) is 0 Å². The van der Waals surface area contributed by atoms with E-state index < -0.39 is 24.3 Å². The fraction of sp³-hybridized carbons (Fsp3) is 0.543. The Hall–Kier alpha value is -4.08. The van der Waals surface area contributed by atoms with Crippen LogP contribution in [0.2, 0.25) is 0 Å². The zero-order chi connectivity index (χ0) is 32.3. The van der Waals surface area contributed by atoms with Gasteiger partial charge in [0.1, 0.15) is 25.3 Å². The van der Waals surface area contributed by atoms with Crippen molar-refractivity contribution in [1.29, 1.82) is 0 Å². The molecule has 2 aliphatic rings. The monoisotopic (exact) mass is 620 g/mol. The second kappa shape index (κ2) is 16.3. The summed E-state index contributed by atoms with van der Waals surface area (Å²) in [5.41, 5.74) is 1.74. The number of benzene rings is 2. The molecule has 2 saturated heterocycles. The van der Waals surface area contributed by atoms with Gasteiger partial charge < -0.3 is 29.9 Å². The second-order valence-electron chi connectivity index (χ2n) is 13.2. The fourth-order valence-corrected chi connectivity index (χ4v) is 6.28. The first-order valence-corrected chi connectivity index (χ1v) is 16.1. The van der Waals surface area contributed by atoms with Gasteiger partial charge in [-0.2, -0.15) is 0 Å². The van der Waals surface area contributed by atoms with E-state index in [2.05, 4.69) is 10.6 Å². The lowest BCUT2D eigenvalue weighted by Gasteiger charge is -2.47. The third-order valence-electron chi connectivity index (χ3n) is 8.22. The predicted molar refractivity (Wildman–Crippen MR) is 171 cm³/mol. The van der Waals surface area contributed by atoms with Crippen molar-refractivity contribution >= 4 is 24.0 Å². The molecule has 2 aromatic carbocycles. The minimum absolute atomic E-state index is 0.111. The average molecular weight is 621 g/mol. The number of nitrogens with zero attached hydrogens (tertiary/aromatic N) is 2. The number of nitrogens with one attached hydrogen (secondary N) is 2. The number of likely N-dealkylation sites (tertiary alicyclic amines) is 2. The van der Waals surface area contributed by atoms with Gasteiger partial charge in [-0.3, -0.25) is 9.59 Å². The molecule has 10 nitrogen and oxygen atoms in total. The topological polar surface area (TPSA) is 117 Å². The molecule has 2 aromatic rings. The van der Waals surface area contributed by atoms with Crippen molar-refractivity contribution in [3.8, 4) is 0 Å². The van der Waals surface area contributed by atoms with Crippen LogP contribution in [0.25, 0.3) is 0 Å². The SMILES string of the molecule is CC(C)C[C@H](NC(=O)OCc1ccccc1)C(=O)N1CC2CC(C1)CN(C(=O)[C@H](CC(C)C)NC(=O)OCc1ccccc1)C2. The highest BCUT2D eigenvalue weighted by Gasteiger charge is 2.41. The highest BCUT2D eigenvalue weighted by atomic mass is 16.6. The summed E-state index contributed by atoms with van der Waals surface area (Å²) in [5.74, 6) is 0.372. The maximum absolute atomic E-state index is 13.7. The molecule has 2 N–H and O–H groups in total. The maximum Gasteiger partial charge on any atom is 0.408 e. The van der Waals surface area contributed by atoms with Crippen molar-refractivity contribution < 1.29 is 28.7 Å². The van der Waals surface area contributed by atoms with E-state index in [1.165, 1.54) is 0 Å². The molecule has 4 amide bonds. The van der Waals surface area contributed by atoms with E-state index in [9.17, 15) is 19.2 Å². The van der Waals surface area contributed by atoms with Crippen LogP contribution in [-0.4, -0.2) is 72.1 Å². The van der Waals surface area contributed by atoms with Crippen molar-refractivity contribution in [2.45, 2.75) is 72.3 Å². The van der Waals surface area contributed by atoms with Gasteiger partial charge in [-0.05, 0) is 54.1 Å². The number of ether oxygens (including phenoxy) is 2. The zero-order valence-corrected chi connectivity index (χ0v) is 26.9. The van der Waals surface area contributed by atoms with Crippen LogP contribution < -0.4 is 10.6 Å². The van der Waals surface area contributed by atoms with E-state index in [1.54, 1.807) is 0 Å². The van der Waals surface area contributed by atoms with E-state index in [4.69, 9.17) is 9.47 Å². The van der Waals surface area contributed by atoms with Gasteiger partial charge in [0.25, 0.3) is 0 Å². The summed E-state index contributed by atoms with van der Waals surface area (Å²) in [6.45, 7) is 10.4. The van der Waals surface area contributed by atoms with E-state index >= 15 is 0 Å². The minimum atomic E-state index is -0.689. The van der Waals surface area contributed by atoms with Crippen molar-refractivity contribution in [1.82, 2.24) is 20.4 Å². The average Bonchev–Trinajstić information content (AvgIpc) is 3.01. The molecule has 0 aromatic heterocycles. The number of rotatable bonds is 12. The van der Waals surface area contributed by atoms with Crippen LogP contribution in [0, 0.1) is 23.7 Å². The number of fused-ring (bicyclic) bond motifs is 2. The quantitative estimate of drug-likeness (QED) is 0.346. The molecule has 2 fully saturated rings. The Bertz CT molecular complexity index is 1160. The van der Waals surface area contributed by atoms with Crippen molar-refractivity contribution in [3.05, 3.63) is 71.8 Å². The molecule has 0 radical (unpaired) electrons. The Labute approximate surface area is 266 Å². The molecular weight excluding hydrogens is 572 g/mol. The van der Waals surface area contributed by atoms with Gasteiger partial charge >= 0.3 is 12.2 Å². The number of amides is 4. The standard InChI is InChI=1S/C35H48N4O6/c1-24(2)15-30(36-34(42)44-22-26-11-7-5-8-12-26)32(40)38-18-28-17-29(19-38)21-39(20-28)33(41)31(16-25(3)4)37-35(43)45-23-27-13-9-6-10-14-27/h5-14,24-25,28-31H,15-23H2,1-4H3,(H,36,42)(H,37,43)/t28?,29?,30-,31-/m0/s1. The molecule has 45 heavy (non-hydrogen) atoms. The van der Waals surface area contributed by atoms with Gasteiger partial charge in [0.05, 0.1) is 0 Å². The van der Waals surface area contributed by atoms with E-state index in [-0.39, 0.29) is 48.7 Å². The Kier molecular flexibility index (Phi) is 12.2. The Balaban J connectivity index is 1.32. The van der Waals surface area contributed by atoms with Gasteiger partial charge in [-0.25, -0.2) is 9.59 Å². The lowest BCUT2D eigenvalue weighted by atomic mass is 9.83. The van der Waals surface area contributed by atoms with Crippen LogP contribution in [0.4, 0.5) is 9.59 Å². The molecule has 2 heterocycles. The molecule has 10 heteroatoms. The van der Waals surface area contributed by atoms with Crippen LogP contribution in [0.1, 0.15) is 58.1 Å². The third-order valence-corrected chi connectivity index (χ3v) is 8.22. The van der Waals surface area contributed by atoms with Gasteiger partial charge in [-0.15, -0.1) is 0 Å². The summed E-state index contributed by atoms with van der Waals surface area (Å²) in [4.78, 5) is 56.4. The second-order valence-corrected chi connectivity index (χ2v) is 13.2. The number of piperidine rings is 2. The molecule has 0 unspecified atom stereocenters. The lowest BCUT2D eigenvalue weighted by molar-refractivity contribution is -0.143. The molecule has 2 atom stereocenters. The Morgan fingerprint density at radius 3 is 1.33 bits per heavy atom. The minimum Gasteiger partial charge on any atom is -0.445 e. The molecule has 0 aliphatic carbocycles. The van der Waals surface area contributed by atoms with Gasteiger partial charge in [0, 0.05) is 26.2 Å². The van der Waals surface area contributed by atoms with Crippen LogP contribution in [0.5, 0.6) is 0 Å². The van der Waals surface area contributed by atoms with Gasteiger partial charge in [-0.1, -0.05) is 88.4 Å². The van der Waals surface area contributed by atoms with Crippen LogP contribution in [-0.2, 0) is 32.3 Å². The molecule has 0 saturated carbocycles. The first kappa shape index (κ1) is 33.8. The number of hydrogen-bond donors (Lipinski definition) is 2. The highest BCUT2D eigenvalue weighted by Crippen LogP contribution is 2.30. The summed E-state index contributed by atoms with van der Waals surface area (Å²) in [7, 11) is 0. The predicted octanol–water partition coefficient (Wildman–Crippen LogP) is 4.98. The van der Waals surface area contributed by atoms with E-state index in [1.807, 2.05) is 98.2 Å². The number of carbonyl (C=O) groups excluding carboxylic acids is 4. The highest BCUT2D eigenvalue weighted by molar-refractivity contribution is 5.87. The number of alkyl carbamates (subject to hydrolysis) is 2. The number of carbonyl (C=O) groups is 4. The van der Waals surface area contributed by atoms with Gasteiger partial charge in [0.15, 0.2) is 0 Å². The molecule has 2 aliphatic heterocycles. The van der Waals surface area contributed by atoms with Gasteiger partial charge in [0.2, 0.25) is 11.8 Å². The normalized spacial score (nSPS) is 19.1. The third kappa shape index (κ3) is 10.5. The van der Waals surface area contributed by atoms with E-state index in [0.29, 0.717) is 39.0 Å². The largest absolute Gasteiger partial charge is 0.445 e. The zero-order valence-electron chi connectivity index (χ0n) is 26.9. The molecule has 0 spiro atoms. The summed E-state index contributed by atoms with van der Waals surface area (Å²) < 4.78 is 10.8. The summed E-state index contributed by atoms with van der Waals surface area (Å²) >= 11 is 0. The van der Waals surface area contributed by atoms with Crippen molar-refractivity contribution in [2.24, 2.45) is 23.7 Å². The van der Waals surface area contributed by atoms with Crippen LogP contribution in [0.15, 0.2) is 60.7 Å². The maximum atomic E-state index is 13.7. The molecule has 244 valence electrons. The fourth-order valence-electron chi connectivity index (χ4n) is 6.28. The summed E-state index contributed by atoms with van der Waals surface area (Å²) in [6, 6.07) is 17.5. The molecular formula is C35H48N4O6.